The van der Waals surface area contributed by atoms with E-state index in [0.717, 1.165) is 12.1 Å². The van der Waals surface area contributed by atoms with Crippen LogP contribution in [-0.2, 0) is 17.9 Å². The lowest BCUT2D eigenvalue weighted by Gasteiger charge is -2.24. The summed E-state index contributed by atoms with van der Waals surface area (Å²) in [7, 11) is 0. The molecule has 0 unspecified atom stereocenters. The highest BCUT2D eigenvalue weighted by Crippen LogP contribution is 2.18. The fourth-order valence-corrected chi connectivity index (χ4v) is 3.60. The Labute approximate surface area is 165 Å². The van der Waals surface area contributed by atoms with Crippen LogP contribution in [0, 0.1) is 10.1 Å². The molecule has 146 valence electrons. The maximum atomic E-state index is 12.2. The molecule has 0 atom stereocenters. The van der Waals surface area contributed by atoms with Gasteiger partial charge in [-0.2, -0.15) is 0 Å². The van der Waals surface area contributed by atoms with Gasteiger partial charge in [0.15, 0.2) is 0 Å². The number of para-hydroxylation sites is 1. The minimum Gasteiger partial charge on any atom is -0.348 e. The summed E-state index contributed by atoms with van der Waals surface area (Å²) in [5, 5.41) is 13.9. The number of nitrogens with zero attached hydrogens (tertiary/aromatic N) is 1. The van der Waals surface area contributed by atoms with E-state index >= 15 is 0 Å². The molecule has 2 aromatic carbocycles. The minimum absolute atomic E-state index is 0.0126. The second kappa shape index (κ2) is 9.80. The van der Waals surface area contributed by atoms with Gasteiger partial charge in [0.1, 0.15) is 6.54 Å². The van der Waals surface area contributed by atoms with Gasteiger partial charge >= 0.3 is 0 Å². The highest BCUT2D eigenvalue weighted by Gasteiger charge is 2.15. The Bertz CT molecular complexity index is 858. The third kappa shape index (κ3) is 5.50. The van der Waals surface area contributed by atoms with Crippen molar-refractivity contribution in [2.24, 2.45) is 0 Å². The average Bonchev–Trinajstić information content (AvgIpc) is 2.72. The summed E-state index contributed by atoms with van der Waals surface area (Å²) in [5.41, 5.74) is 2.79. The lowest BCUT2D eigenvalue weighted by atomic mass is 10.0. The smallest absolute Gasteiger partial charge is 0.276 e. The van der Waals surface area contributed by atoms with E-state index in [1.165, 1.54) is 56.1 Å². The van der Waals surface area contributed by atoms with Gasteiger partial charge in [-0.15, -0.1) is 0 Å². The van der Waals surface area contributed by atoms with Crippen LogP contribution in [-0.4, -0.2) is 23.9 Å². The molecule has 1 aliphatic heterocycles. The molecule has 1 saturated heterocycles. The number of carbonyl (C=O) groups is 1. The van der Waals surface area contributed by atoms with E-state index in [1.807, 2.05) is 18.2 Å². The predicted molar refractivity (Wildman–Crippen MR) is 109 cm³/mol. The summed E-state index contributed by atoms with van der Waals surface area (Å²) >= 11 is 0. The van der Waals surface area contributed by atoms with Crippen molar-refractivity contribution in [3.8, 4) is 0 Å². The summed E-state index contributed by atoms with van der Waals surface area (Å²) in [6, 6.07) is 14.6. The van der Waals surface area contributed by atoms with E-state index in [2.05, 4.69) is 11.4 Å². The summed E-state index contributed by atoms with van der Waals surface area (Å²) < 4.78 is 0. The van der Waals surface area contributed by atoms with Crippen LogP contribution < -0.4 is 10.2 Å². The first-order chi connectivity index (χ1) is 13.6. The van der Waals surface area contributed by atoms with Crippen molar-refractivity contribution in [3.63, 3.8) is 0 Å². The Morgan fingerprint density at radius 3 is 2.46 bits per heavy atom. The van der Waals surface area contributed by atoms with Crippen LogP contribution in [0.15, 0.2) is 54.6 Å². The Kier molecular flexibility index (Phi) is 6.92. The monoisotopic (exact) mass is 380 g/mol. The number of likely N-dealkylation sites (tertiary alicyclic amines) is 1. The molecular weight excluding hydrogens is 354 g/mol. The van der Waals surface area contributed by atoms with Gasteiger partial charge in [-0.05, 0) is 37.0 Å². The quantitative estimate of drug-likeness (QED) is 0.440. The van der Waals surface area contributed by atoms with E-state index in [9.17, 15) is 14.9 Å². The normalized spacial score (nSPS) is 14.9. The number of hydrogen-bond acceptors (Lipinski definition) is 3. The first-order valence-corrected chi connectivity index (χ1v) is 9.73. The molecular formula is C22H26N3O3+. The van der Waals surface area contributed by atoms with Gasteiger partial charge in [0.05, 0.1) is 23.6 Å². The molecule has 3 rings (SSSR count). The first-order valence-electron chi connectivity index (χ1n) is 9.73. The minimum atomic E-state index is -0.448. The molecule has 6 nitrogen and oxygen atoms in total. The van der Waals surface area contributed by atoms with Gasteiger partial charge in [0, 0.05) is 24.3 Å². The van der Waals surface area contributed by atoms with Gasteiger partial charge in [0.2, 0.25) is 5.91 Å². The Hall–Kier alpha value is -2.99. The Balaban J connectivity index is 1.60. The average molecular weight is 380 g/mol. The number of amides is 1. The standard InChI is InChI=1S/C22H25N3O3/c26-22(13-12-18-8-4-5-11-21(18)25(27)28)23-16-19-9-2-3-10-20(19)17-24-14-6-1-7-15-24/h2-5,8-13H,1,6-7,14-17H2,(H,23,26)/p+1/b13-12+. The molecule has 0 spiro atoms. The largest absolute Gasteiger partial charge is 0.348 e. The molecule has 0 aliphatic carbocycles. The van der Waals surface area contributed by atoms with E-state index in [1.54, 1.807) is 23.1 Å². The SMILES string of the molecule is O=C(/C=C/c1ccccc1[N+](=O)[O-])NCc1ccccc1C[NH+]1CCCCC1. The molecule has 1 amide bonds. The third-order valence-corrected chi connectivity index (χ3v) is 5.12. The lowest BCUT2D eigenvalue weighted by Crippen LogP contribution is -3.11. The molecule has 0 bridgehead atoms. The van der Waals surface area contributed by atoms with Crippen LogP contribution in [0.25, 0.3) is 6.08 Å². The van der Waals surface area contributed by atoms with Crippen molar-refractivity contribution in [3.05, 3.63) is 81.4 Å². The van der Waals surface area contributed by atoms with Gasteiger partial charge < -0.3 is 10.2 Å². The molecule has 2 N–H and O–H groups in total. The molecule has 1 fully saturated rings. The number of nitro groups is 1. The van der Waals surface area contributed by atoms with E-state index < -0.39 is 4.92 Å². The zero-order valence-corrected chi connectivity index (χ0v) is 15.9. The van der Waals surface area contributed by atoms with E-state index in [0.29, 0.717) is 12.1 Å². The fourth-order valence-electron chi connectivity index (χ4n) is 3.60. The zero-order valence-electron chi connectivity index (χ0n) is 15.9. The van der Waals surface area contributed by atoms with Crippen LogP contribution in [0.4, 0.5) is 5.69 Å². The predicted octanol–water partition coefficient (Wildman–Crippen LogP) is 2.49. The van der Waals surface area contributed by atoms with Crippen LogP contribution in [0.2, 0.25) is 0 Å². The molecule has 2 aromatic rings. The van der Waals surface area contributed by atoms with E-state index in [4.69, 9.17) is 0 Å². The van der Waals surface area contributed by atoms with Gasteiger partial charge in [-0.3, -0.25) is 14.9 Å². The van der Waals surface area contributed by atoms with Crippen molar-refractivity contribution in [1.82, 2.24) is 5.32 Å². The van der Waals surface area contributed by atoms with E-state index in [-0.39, 0.29) is 11.6 Å². The molecule has 6 heteroatoms. The summed E-state index contributed by atoms with van der Waals surface area (Å²) in [4.78, 5) is 24.4. The zero-order chi connectivity index (χ0) is 19.8. The van der Waals surface area contributed by atoms with Crippen molar-refractivity contribution in [1.29, 1.82) is 0 Å². The molecule has 0 aromatic heterocycles. The number of quaternary nitrogens is 1. The second-order valence-electron chi connectivity index (χ2n) is 7.12. The van der Waals surface area contributed by atoms with Crippen molar-refractivity contribution in [2.75, 3.05) is 13.1 Å². The molecule has 1 aliphatic rings. The Morgan fingerprint density at radius 2 is 1.71 bits per heavy atom. The summed E-state index contributed by atoms with van der Waals surface area (Å²) in [6.45, 7) is 3.85. The summed E-state index contributed by atoms with van der Waals surface area (Å²) in [6.07, 6.45) is 6.72. The number of benzene rings is 2. The number of hydrogen-bond donors (Lipinski definition) is 2. The Morgan fingerprint density at radius 1 is 1.04 bits per heavy atom. The maximum Gasteiger partial charge on any atom is 0.276 e. The number of nitro benzene ring substituents is 1. The van der Waals surface area contributed by atoms with Crippen LogP contribution >= 0.6 is 0 Å². The fraction of sp³-hybridized carbons (Fsp3) is 0.318. The molecule has 1 heterocycles. The molecule has 0 saturated carbocycles. The van der Waals surface area contributed by atoms with Crippen molar-refractivity contribution in [2.45, 2.75) is 32.4 Å². The molecule has 0 radical (unpaired) electrons. The molecule has 28 heavy (non-hydrogen) atoms. The van der Waals surface area contributed by atoms with Gasteiger partial charge in [-0.25, -0.2) is 0 Å². The first kappa shape index (κ1) is 19.8. The number of nitrogens with one attached hydrogen (secondary N) is 2. The highest BCUT2D eigenvalue weighted by atomic mass is 16.6. The van der Waals surface area contributed by atoms with Crippen molar-refractivity contribution < 1.29 is 14.6 Å². The van der Waals surface area contributed by atoms with Crippen molar-refractivity contribution >= 4 is 17.7 Å². The maximum absolute atomic E-state index is 12.2. The number of piperidine rings is 1. The number of carbonyl (C=O) groups excluding carboxylic acids is 1. The lowest BCUT2D eigenvalue weighted by molar-refractivity contribution is -0.918. The van der Waals surface area contributed by atoms with Gasteiger partial charge in [0.25, 0.3) is 5.69 Å². The third-order valence-electron chi connectivity index (χ3n) is 5.12. The van der Waals surface area contributed by atoms with Gasteiger partial charge in [-0.1, -0.05) is 36.4 Å². The van der Waals surface area contributed by atoms with Crippen LogP contribution in [0.5, 0.6) is 0 Å². The van der Waals surface area contributed by atoms with Crippen LogP contribution in [0.1, 0.15) is 36.0 Å². The topological polar surface area (TPSA) is 76.7 Å². The van der Waals surface area contributed by atoms with Crippen LogP contribution in [0.3, 0.4) is 0 Å². The highest BCUT2D eigenvalue weighted by molar-refractivity contribution is 5.92. The number of rotatable bonds is 7. The summed E-state index contributed by atoms with van der Waals surface area (Å²) in [5.74, 6) is -0.265. The second-order valence-corrected chi connectivity index (χ2v) is 7.12.